The largest absolute Gasteiger partial charge is 0.395 e. The van der Waals surface area contributed by atoms with Crippen LogP contribution in [0.15, 0.2) is 24.3 Å². The van der Waals surface area contributed by atoms with E-state index in [1.807, 2.05) is 38.1 Å². The van der Waals surface area contributed by atoms with E-state index in [0.717, 1.165) is 17.2 Å². The summed E-state index contributed by atoms with van der Waals surface area (Å²) >= 11 is 0.962. The molecule has 2 aromatic rings. The number of rotatable bonds is 5. The molecule has 2 heterocycles. The minimum Gasteiger partial charge on any atom is -0.395 e. The van der Waals surface area contributed by atoms with Gasteiger partial charge in [-0.1, -0.05) is 0 Å². The molecule has 3 N–H and O–H groups in total. The van der Waals surface area contributed by atoms with E-state index in [2.05, 4.69) is 14.6 Å². The second kappa shape index (κ2) is 8.60. The quantitative estimate of drug-likeness (QED) is 0.724. The number of piperazine rings is 1. The number of aromatic nitrogens is 1. The summed E-state index contributed by atoms with van der Waals surface area (Å²) in [5.41, 5.74) is 7.99. The molecule has 1 aliphatic heterocycles. The SMILES string of the molecule is CC(=O)c1ccc(N2CCN(C(=O)c3snc(C(=O)NC(C)C)c3N)CC2)cc1. The molecule has 0 radical (unpaired) electrons. The molecule has 9 heteroatoms. The van der Waals surface area contributed by atoms with Gasteiger partial charge in [-0.05, 0) is 56.6 Å². The Morgan fingerprint density at radius 1 is 1.10 bits per heavy atom. The Kier molecular flexibility index (Phi) is 6.17. The first-order valence-corrected chi connectivity index (χ1v) is 10.3. The molecule has 0 atom stereocenters. The predicted molar refractivity (Wildman–Crippen MR) is 114 cm³/mol. The van der Waals surface area contributed by atoms with Gasteiger partial charge in [0.15, 0.2) is 11.5 Å². The summed E-state index contributed by atoms with van der Waals surface area (Å²) in [7, 11) is 0. The Bertz CT molecular complexity index is 915. The van der Waals surface area contributed by atoms with Crippen molar-refractivity contribution in [2.24, 2.45) is 0 Å². The van der Waals surface area contributed by atoms with Crippen LogP contribution in [0, 0.1) is 0 Å². The van der Waals surface area contributed by atoms with Crippen LogP contribution < -0.4 is 16.0 Å². The number of benzene rings is 1. The third-order valence-electron chi connectivity index (χ3n) is 4.76. The Balaban J connectivity index is 1.64. The molecule has 1 aromatic carbocycles. The molecule has 1 aliphatic rings. The molecule has 0 aliphatic carbocycles. The zero-order valence-electron chi connectivity index (χ0n) is 16.8. The van der Waals surface area contributed by atoms with E-state index in [1.54, 1.807) is 11.8 Å². The number of nitrogens with two attached hydrogens (primary N) is 1. The van der Waals surface area contributed by atoms with E-state index in [1.165, 1.54) is 0 Å². The second-order valence-electron chi connectivity index (χ2n) is 7.28. The van der Waals surface area contributed by atoms with Gasteiger partial charge in [-0.2, -0.15) is 4.37 Å². The molecule has 1 saturated heterocycles. The van der Waals surface area contributed by atoms with Crippen molar-refractivity contribution in [3.8, 4) is 0 Å². The first kappa shape index (κ1) is 20.8. The van der Waals surface area contributed by atoms with Crippen molar-refractivity contribution >= 4 is 40.5 Å². The summed E-state index contributed by atoms with van der Waals surface area (Å²) in [5.74, 6) is -0.530. The van der Waals surface area contributed by atoms with Crippen LogP contribution in [0.1, 0.15) is 51.3 Å². The summed E-state index contributed by atoms with van der Waals surface area (Å²) in [6.45, 7) is 7.66. The van der Waals surface area contributed by atoms with Gasteiger partial charge in [-0.3, -0.25) is 14.4 Å². The number of nitrogens with one attached hydrogen (secondary N) is 1. The van der Waals surface area contributed by atoms with E-state index in [0.29, 0.717) is 36.6 Å². The third-order valence-corrected chi connectivity index (χ3v) is 5.61. The van der Waals surface area contributed by atoms with Gasteiger partial charge in [0.1, 0.15) is 4.88 Å². The van der Waals surface area contributed by atoms with Gasteiger partial charge in [-0.15, -0.1) is 0 Å². The first-order valence-electron chi connectivity index (χ1n) is 9.49. The topological polar surface area (TPSA) is 109 Å². The number of ketones is 1. The van der Waals surface area contributed by atoms with Gasteiger partial charge in [0, 0.05) is 43.5 Å². The van der Waals surface area contributed by atoms with Crippen LogP contribution in [0.25, 0.3) is 0 Å². The summed E-state index contributed by atoms with van der Waals surface area (Å²) in [4.78, 5) is 40.6. The molecule has 0 saturated carbocycles. The van der Waals surface area contributed by atoms with Crippen LogP contribution in [0.4, 0.5) is 11.4 Å². The highest BCUT2D eigenvalue weighted by Gasteiger charge is 2.28. The van der Waals surface area contributed by atoms with E-state index < -0.39 is 0 Å². The molecule has 154 valence electrons. The van der Waals surface area contributed by atoms with Crippen molar-refractivity contribution < 1.29 is 14.4 Å². The highest BCUT2D eigenvalue weighted by Crippen LogP contribution is 2.25. The van der Waals surface area contributed by atoms with Gasteiger partial charge in [-0.25, -0.2) is 0 Å². The number of nitrogens with zero attached hydrogens (tertiary/aromatic N) is 3. The van der Waals surface area contributed by atoms with Crippen LogP contribution in [0.3, 0.4) is 0 Å². The van der Waals surface area contributed by atoms with Gasteiger partial charge < -0.3 is 20.9 Å². The van der Waals surface area contributed by atoms with Crippen molar-refractivity contribution in [2.45, 2.75) is 26.8 Å². The minimum atomic E-state index is -0.369. The predicted octanol–water partition coefficient (Wildman–Crippen LogP) is 2.03. The molecule has 0 bridgehead atoms. The van der Waals surface area contributed by atoms with Crippen LogP contribution in [-0.2, 0) is 0 Å². The van der Waals surface area contributed by atoms with Gasteiger partial charge >= 0.3 is 0 Å². The molecule has 0 spiro atoms. The lowest BCUT2D eigenvalue weighted by Gasteiger charge is -2.36. The van der Waals surface area contributed by atoms with E-state index in [9.17, 15) is 14.4 Å². The molecule has 29 heavy (non-hydrogen) atoms. The Morgan fingerprint density at radius 3 is 2.28 bits per heavy atom. The number of hydrogen-bond donors (Lipinski definition) is 2. The average molecular weight is 416 g/mol. The van der Waals surface area contributed by atoms with Crippen LogP contribution in [-0.4, -0.2) is 59.1 Å². The van der Waals surface area contributed by atoms with Gasteiger partial charge in [0.25, 0.3) is 11.8 Å². The number of hydrogen-bond acceptors (Lipinski definition) is 7. The van der Waals surface area contributed by atoms with Gasteiger partial charge in [0.2, 0.25) is 0 Å². The lowest BCUT2D eigenvalue weighted by atomic mass is 10.1. The highest BCUT2D eigenvalue weighted by molar-refractivity contribution is 7.09. The summed E-state index contributed by atoms with van der Waals surface area (Å²) < 4.78 is 4.09. The standard InChI is InChI=1S/C20H25N5O3S/c1-12(2)22-19(27)17-16(21)18(29-23-17)20(28)25-10-8-24(9-11-25)15-6-4-14(5-7-15)13(3)26/h4-7,12H,8-11,21H2,1-3H3,(H,22,27). The molecular weight excluding hydrogens is 390 g/mol. The first-order chi connectivity index (χ1) is 13.8. The fraction of sp³-hybridized carbons (Fsp3) is 0.400. The third kappa shape index (κ3) is 4.56. The maximum Gasteiger partial charge on any atom is 0.273 e. The molecule has 1 aromatic heterocycles. The summed E-state index contributed by atoms with van der Waals surface area (Å²) in [6, 6.07) is 7.44. The number of carbonyl (C=O) groups excluding carboxylic acids is 3. The normalized spacial score (nSPS) is 14.2. The van der Waals surface area contributed by atoms with Gasteiger partial charge in [0.05, 0.1) is 5.69 Å². The lowest BCUT2D eigenvalue weighted by Crippen LogP contribution is -2.48. The Morgan fingerprint density at radius 2 is 1.72 bits per heavy atom. The van der Waals surface area contributed by atoms with E-state index in [-0.39, 0.29) is 35.0 Å². The van der Waals surface area contributed by atoms with Crippen LogP contribution >= 0.6 is 11.5 Å². The monoisotopic (exact) mass is 415 g/mol. The van der Waals surface area contributed by atoms with Crippen LogP contribution in [0.2, 0.25) is 0 Å². The molecule has 2 amide bonds. The number of carbonyl (C=O) groups is 3. The smallest absolute Gasteiger partial charge is 0.273 e. The fourth-order valence-corrected chi connectivity index (χ4v) is 3.93. The average Bonchev–Trinajstić information content (AvgIpc) is 3.08. The van der Waals surface area contributed by atoms with Crippen molar-refractivity contribution in [2.75, 3.05) is 36.8 Å². The fourth-order valence-electron chi connectivity index (χ4n) is 3.16. The van der Waals surface area contributed by atoms with E-state index >= 15 is 0 Å². The van der Waals surface area contributed by atoms with Crippen molar-refractivity contribution in [1.29, 1.82) is 0 Å². The molecule has 8 nitrogen and oxygen atoms in total. The number of Topliss-reactive ketones (excluding diaryl/α,β-unsaturated/α-hetero) is 1. The summed E-state index contributed by atoms with van der Waals surface area (Å²) in [6.07, 6.45) is 0. The lowest BCUT2D eigenvalue weighted by molar-refractivity contribution is 0.0752. The number of nitrogen functional groups attached to an aromatic ring is 1. The molecule has 3 rings (SSSR count). The Labute approximate surface area is 173 Å². The van der Waals surface area contributed by atoms with Crippen molar-refractivity contribution in [3.63, 3.8) is 0 Å². The molecule has 0 unspecified atom stereocenters. The zero-order chi connectivity index (χ0) is 21.1. The minimum absolute atomic E-state index is 0.0376. The van der Waals surface area contributed by atoms with E-state index in [4.69, 9.17) is 5.73 Å². The highest BCUT2D eigenvalue weighted by atomic mass is 32.1. The molecular formula is C20H25N5O3S. The maximum atomic E-state index is 12.9. The van der Waals surface area contributed by atoms with Crippen molar-refractivity contribution in [3.05, 3.63) is 40.4 Å². The summed E-state index contributed by atoms with van der Waals surface area (Å²) in [5, 5.41) is 2.74. The number of amides is 2. The second-order valence-corrected chi connectivity index (χ2v) is 8.06. The molecule has 1 fully saturated rings. The maximum absolute atomic E-state index is 12.9. The van der Waals surface area contributed by atoms with Crippen molar-refractivity contribution in [1.82, 2.24) is 14.6 Å². The Hall–Kier alpha value is -2.94. The zero-order valence-corrected chi connectivity index (χ0v) is 17.6. The van der Waals surface area contributed by atoms with Crippen LogP contribution in [0.5, 0.6) is 0 Å². The number of anilines is 2.